The lowest BCUT2D eigenvalue weighted by Crippen LogP contribution is -2.26. The highest BCUT2D eigenvalue weighted by atomic mass is 19.3. The van der Waals surface area contributed by atoms with Gasteiger partial charge in [0.15, 0.2) is 11.6 Å². The smallest absolute Gasteiger partial charge is 0.387 e. The number of ether oxygens (including phenoxy) is 1. The van der Waals surface area contributed by atoms with Crippen LogP contribution in [0, 0.1) is 35.3 Å². The minimum atomic E-state index is -3.16. The van der Waals surface area contributed by atoms with E-state index in [2.05, 4.69) is 11.7 Å². The van der Waals surface area contributed by atoms with Crippen LogP contribution < -0.4 is 4.74 Å². The maximum Gasteiger partial charge on any atom is 0.387 e. The second kappa shape index (κ2) is 15.1. The van der Waals surface area contributed by atoms with Crippen LogP contribution >= 0.6 is 0 Å². The molecule has 1 aromatic rings. The summed E-state index contributed by atoms with van der Waals surface area (Å²) in [6, 6.07) is 2.49. The Hall–Kier alpha value is -1.26. The fraction of sp³-hybridized carbons (Fsp3) is 0.800. The average Bonchev–Trinajstić information content (AvgIpc) is 2.86. The van der Waals surface area contributed by atoms with Gasteiger partial charge in [0.1, 0.15) is 0 Å². The van der Waals surface area contributed by atoms with Crippen molar-refractivity contribution in [2.45, 2.75) is 129 Å². The Bertz CT molecular complexity index is 721. The fourth-order valence-corrected chi connectivity index (χ4v) is 6.60. The Morgan fingerprint density at radius 1 is 0.714 bits per heavy atom. The van der Waals surface area contributed by atoms with E-state index in [4.69, 9.17) is 0 Å². The molecule has 2 fully saturated rings. The van der Waals surface area contributed by atoms with E-state index in [-0.39, 0.29) is 5.56 Å². The lowest BCUT2D eigenvalue weighted by Gasteiger charge is -2.38. The first kappa shape index (κ1) is 28.3. The molecule has 2 saturated carbocycles. The van der Waals surface area contributed by atoms with Crippen molar-refractivity contribution in [2.75, 3.05) is 0 Å². The van der Waals surface area contributed by atoms with Crippen molar-refractivity contribution >= 4 is 0 Å². The Morgan fingerprint density at radius 3 is 1.83 bits per heavy atom. The van der Waals surface area contributed by atoms with Gasteiger partial charge in [-0.1, -0.05) is 90.0 Å². The van der Waals surface area contributed by atoms with Gasteiger partial charge in [-0.05, 0) is 73.8 Å². The van der Waals surface area contributed by atoms with Gasteiger partial charge in [-0.25, -0.2) is 4.39 Å². The molecule has 2 aliphatic carbocycles. The molecule has 0 amide bonds. The van der Waals surface area contributed by atoms with Crippen molar-refractivity contribution in [1.29, 1.82) is 0 Å². The number of hydrogen-bond acceptors (Lipinski definition) is 1. The maximum atomic E-state index is 14.3. The first-order valence-electron chi connectivity index (χ1n) is 14.4. The minimum absolute atomic E-state index is 0.255. The summed E-state index contributed by atoms with van der Waals surface area (Å²) in [7, 11) is 0. The number of alkyl halides is 2. The number of unbranched alkanes of at least 4 members (excludes halogenated alkanes) is 6. The summed E-state index contributed by atoms with van der Waals surface area (Å²) < 4.78 is 56.9. The summed E-state index contributed by atoms with van der Waals surface area (Å²) in [5.74, 6) is 0.129. The van der Waals surface area contributed by atoms with Crippen molar-refractivity contribution < 1.29 is 22.3 Å². The van der Waals surface area contributed by atoms with Crippen LogP contribution in [0.3, 0.4) is 0 Å². The van der Waals surface area contributed by atoms with Gasteiger partial charge in [0.25, 0.3) is 0 Å². The molecule has 0 aliphatic heterocycles. The zero-order valence-electron chi connectivity index (χ0n) is 21.7. The molecule has 0 spiro atoms. The number of aryl methyl sites for hydroxylation is 1. The molecule has 0 unspecified atom stereocenters. The molecule has 0 radical (unpaired) electrons. The molecule has 0 heterocycles. The zero-order valence-corrected chi connectivity index (χ0v) is 21.7. The zero-order chi connectivity index (χ0) is 25.0. The monoisotopic (exact) mass is 498 g/mol. The van der Waals surface area contributed by atoms with E-state index in [1.54, 1.807) is 0 Å². The average molecular weight is 499 g/mol. The Labute approximate surface area is 210 Å². The van der Waals surface area contributed by atoms with Gasteiger partial charge in [-0.15, -0.1) is 0 Å². The topological polar surface area (TPSA) is 9.23 Å². The van der Waals surface area contributed by atoms with Crippen LogP contribution in [0.25, 0.3) is 0 Å². The molecule has 3 rings (SSSR count). The summed E-state index contributed by atoms with van der Waals surface area (Å²) in [6.45, 7) is -0.889. The van der Waals surface area contributed by atoms with E-state index >= 15 is 0 Å². The number of benzene rings is 1. The van der Waals surface area contributed by atoms with Gasteiger partial charge in [-0.2, -0.15) is 13.2 Å². The predicted octanol–water partition coefficient (Wildman–Crippen LogP) is 10.3. The lowest BCUT2D eigenvalue weighted by atomic mass is 9.68. The first-order chi connectivity index (χ1) is 17.0. The minimum Gasteiger partial charge on any atom is -0.432 e. The second-order valence-corrected chi connectivity index (χ2v) is 11.2. The van der Waals surface area contributed by atoms with Gasteiger partial charge in [0.2, 0.25) is 5.82 Å². The van der Waals surface area contributed by atoms with Crippen molar-refractivity contribution in [3.05, 3.63) is 29.3 Å². The molecule has 1 aromatic carbocycles. The summed E-state index contributed by atoms with van der Waals surface area (Å²) in [4.78, 5) is 0. The number of halogens is 4. The molecule has 200 valence electrons. The van der Waals surface area contributed by atoms with Gasteiger partial charge >= 0.3 is 6.61 Å². The van der Waals surface area contributed by atoms with Crippen LogP contribution in [0.1, 0.15) is 122 Å². The highest BCUT2D eigenvalue weighted by Gasteiger charge is 2.31. The lowest BCUT2D eigenvalue weighted by molar-refractivity contribution is -0.0525. The van der Waals surface area contributed by atoms with E-state index in [0.29, 0.717) is 12.3 Å². The molecule has 2 aliphatic rings. The third kappa shape index (κ3) is 9.28. The Kier molecular flexibility index (Phi) is 12.2. The summed E-state index contributed by atoms with van der Waals surface area (Å²) in [6.07, 6.45) is 22.9. The molecule has 0 N–H and O–H groups in total. The van der Waals surface area contributed by atoms with Gasteiger partial charge in [0.05, 0.1) is 0 Å². The van der Waals surface area contributed by atoms with Crippen LogP contribution in [0.5, 0.6) is 5.75 Å². The van der Waals surface area contributed by atoms with E-state index in [1.807, 2.05) is 0 Å². The molecule has 0 saturated heterocycles. The van der Waals surface area contributed by atoms with E-state index in [9.17, 15) is 17.6 Å². The van der Waals surface area contributed by atoms with Crippen LogP contribution in [-0.2, 0) is 6.42 Å². The van der Waals surface area contributed by atoms with E-state index in [1.165, 1.54) is 109 Å². The second-order valence-electron chi connectivity index (χ2n) is 11.2. The SMILES string of the molecule is CCCCCCCCC[C@H]1CC[C@H]([C@H]2CC[C@H](CCc3ccc(OC(F)F)c(F)c3F)CC2)CC1. The van der Waals surface area contributed by atoms with Crippen LogP contribution in [0.15, 0.2) is 12.1 Å². The van der Waals surface area contributed by atoms with Crippen LogP contribution in [0.2, 0.25) is 0 Å². The van der Waals surface area contributed by atoms with Crippen molar-refractivity contribution in [1.82, 2.24) is 0 Å². The molecule has 0 bridgehead atoms. The molecular formula is C30H46F4O. The number of hydrogen-bond donors (Lipinski definition) is 0. The Morgan fingerprint density at radius 2 is 1.26 bits per heavy atom. The standard InChI is InChI=1S/C30H46F4O/c1-2-3-4-5-6-7-8-9-22-10-15-24(16-11-22)25-17-12-23(13-18-25)14-19-26-20-21-27(35-30(33)34)29(32)28(26)31/h20-25,30H,2-19H2,1H3/t22-,23-,24-,25-. The highest BCUT2D eigenvalue weighted by molar-refractivity contribution is 5.31. The number of rotatable bonds is 14. The fourth-order valence-electron chi connectivity index (χ4n) is 6.60. The van der Waals surface area contributed by atoms with Gasteiger partial charge in [0, 0.05) is 0 Å². The third-order valence-electron chi connectivity index (χ3n) is 8.83. The third-order valence-corrected chi connectivity index (χ3v) is 8.83. The summed E-state index contributed by atoms with van der Waals surface area (Å²) >= 11 is 0. The van der Waals surface area contributed by atoms with Gasteiger partial charge < -0.3 is 4.74 Å². The molecule has 1 nitrogen and oxygen atoms in total. The largest absolute Gasteiger partial charge is 0.432 e. The van der Waals surface area contributed by atoms with Crippen molar-refractivity contribution in [2.24, 2.45) is 23.7 Å². The summed E-state index contributed by atoms with van der Waals surface area (Å²) in [5, 5.41) is 0. The van der Waals surface area contributed by atoms with Crippen LogP contribution in [0.4, 0.5) is 17.6 Å². The highest BCUT2D eigenvalue weighted by Crippen LogP contribution is 2.43. The Balaban J connectivity index is 1.30. The van der Waals surface area contributed by atoms with E-state index < -0.39 is 24.0 Å². The molecule has 0 atom stereocenters. The summed E-state index contributed by atoms with van der Waals surface area (Å²) in [5.41, 5.74) is 0.255. The van der Waals surface area contributed by atoms with Crippen molar-refractivity contribution in [3.63, 3.8) is 0 Å². The van der Waals surface area contributed by atoms with Gasteiger partial charge in [-0.3, -0.25) is 0 Å². The van der Waals surface area contributed by atoms with Crippen molar-refractivity contribution in [3.8, 4) is 5.75 Å². The first-order valence-corrected chi connectivity index (χ1v) is 14.4. The molecule has 5 heteroatoms. The maximum absolute atomic E-state index is 14.3. The quantitative estimate of drug-likeness (QED) is 0.183. The van der Waals surface area contributed by atoms with Crippen LogP contribution in [-0.4, -0.2) is 6.61 Å². The van der Waals surface area contributed by atoms with E-state index in [0.717, 1.165) is 30.2 Å². The molecule has 35 heavy (non-hydrogen) atoms. The predicted molar refractivity (Wildman–Crippen MR) is 135 cm³/mol. The normalized spacial score (nSPS) is 25.2. The molecular weight excluding hydrogens is 452 g/mol. The molecule has 0 aromatic heterocycles.